The van der Waals surface area contributed by atoms with Crippen LogP contribution >= 0.6 is 11.8 Å². The van der Waals surface area contributed by atoms with Gasteiger partial charge in [-0.1, -0.05) is 17.8 Å². The van der Waals surface area contributed by atoms with Crippen LogP contribution in [0.2, 0.25) is 0 Å². The predicted molar refractivity (Wildman–Crippen MR) is 80.2 cm³/mol. The second-order valence-corrected chi connectivity index (χ2v) is 4.93. The zero-order valence-electron chi connectivity index (χ0n) is 11.7. The summed E-state index contributed by atoms with van der Waals surface area (Å²) in [6.45, 7) is 0.0600. The number of benzene rings is 1. The van der Waals surface area contributed by atoms with Gasteiger partial charge < -0.3 is 15.7 Å². The molecule has 116 valence electrons. The van der Waals surface area contributed by atoms with Crippen molar-refractivity contribution >= 4 is 29.4 Å². The molecule has 3 N–H and O–H groups in total. The van der Waals surface area contributed by atoms with Crippen LogP contribution in [0.5, 0.6) is 0 Å². The quantitative estimate of drug-likeness (QED) is 0.678. The zero-order valence-corrected chi connectivity index (χ0v) is 12.5. The summed E-state index contributed by atoms with van der Waals surface area (Å²) in [5.41, 5.74) is 1.26. The molecular weight excluding hydrogens is 308 g/mol. The number of anilines is 1. The fourth-order valence-electron chi connectivity index (χ4n) is 1.64. The van der Waals surface area contributed by atoms with Crippen molar-refractivity contribution in [3.8, 4) is 5.69 Å². The zero-order chi connectivity index (χ0) is 15.9. The number of nitrogens with zero attached hydrogens (tertiary/aromatic N) is 4. The first-order chi connectivity index (χ1) is 10.6. The van der Waals surface area contributed by atoms with Crippen molar-refractivity contribution in [2.75, 3.05) is 18.1 Å². The van der Waals surface area contributed by atoms with Crippen molar-refractivity contribution in [1.82, 2.24) is 25.5 Å². The third-order valence-electron chi connectivity index (χ3n) is 2.60. The van der Waals surface area contributed by atoms with E-state index in [9.17, 15) is 9.59 Å². The van der Waals surface area contributed by atoms with E-state index in [2.05, 4.69) is 26.2 Å². The van der Waals surface area contributed by atoms with Gasteiger partial charge in [0.2, 0.25) is 5.16 Å². The van der Waals surface area contributed by atoms with Gasteiger partial charge in [-0.25, -0.2) is 4.79 Å². The molecule has 1 aromatic heterocycles. The number of hydrogen-bond acceptors (Lipinski definition) is 6. The highest BCUT2D eigenvalue weighted by Gasteiger charge is 2.08. The normalized spacial score (nSPS) is 10.2. The summed E-state index contributed by atoms with van der Waals surface area (Å²) >= 11 is 1.40. The van der Waals surface area contributed by atoms with E-state index in [1.165, 1.54) is 11.8 Å². The molecule has 0 bridgehead atoms. The number of carbonyl (C=O) groups is 2. The molecule has 0 aliphatic carbocycles. The van der Waals surface area contributed by atoms with Gasteiger partial charge in [0, 0.05) is 12.2 Å². The molecule has 10 heteroatoms. The van der Waals surface area contributed by atoms with Crippen molar-refractivity contribution in [3.05, 3.63) is 24.3 Å². The van der Waals surface area contributed by atoms with E-state index >= 15 is 0 Å². The number of hydrogen-bond donors (Lipinski definition) is 3. The van der Waals surface area contributed by atoms with Crippen molar-refractivity contribution in [1.29, 1.82) is 0 Å². The van der Waals surface area contributed by atoms with E-state index in [4.69, 9.17) is 5.11 Å². The van der Waals surface area contributed by atoms with Crippen LogP contribution in [-0.4, -0.2) is 50.1 Å². The molecule has 0 saturated heterocycles. The Kier molecular flexibility index (Phi) is 5.31. The molecule has 0 unspecified atom stereocenters. The minimum Gasteiger partial charge on any atom is -0.481 e. The summed E-state index contributed by atoms with van der Waals surface area (Å²) in [7, 11) is 0. The van der Waals surface area contributed by atoms with E-state index in [0.717, 1.165) is 0 Å². The largest absolute Gasteiger partial charge is 0.481 e. The van der Waals surface area contributed by atoms with Crippen molar-refractivity contribution < 1.29 is 14.7 Å². The van der Waals surface area contributed by atoms with Gasteiger partial charge in [-0.05, 0) is 34.9 Å². The number of amides is 2. The summed E-state index contributed by atoms with van der Waals surface area (Å²) in [4.78, 5) is 22.0. The Morgan fingerprint density at radius 1 is 1.41 bits per heavy atom. The molecule has 0 aliphatic heterocycles. The molecule has 0 saturated carbocycles. The monoisotopic (exact) mass is 322 g/mol. The fourth-order valence-corrected chi connectivity index (χ4v) is 2.07. The van der Waals surface area contributed by atoms with Gasteiger partial charge in [-0.15, -0.1) is 5.10 Å². The van der Waals surface area contributed by atoms with E-state index in [-0.39, 0.29) is 13.0 Å². The molecule has 22 heavy (non-hydrogen) atoms. The predicted octanol–water partition coefficient (Wildman–Crippen LogP) is 0.980. The van der Waals surface area contributed by atoms with Crippen LogP contribution in [0.1, 0.15) is 6.42 Å². The molecule has 1 aromatic carbocycles. The van der Waals surface area contributed by atoms with Gasteiger partial charge in [0.05, 0.1) is 12.1 Å². The highest BCUT2D eigenvalue weighted by molar-refractivity contribution is 7.98. The second-order valence-electron chi connectivity index (χ2n) is 4.15. The third-order valence-corrected chi connectivity index (χ3v) is 3.22. The molecule has 9 nitrogen and oxygen atoms in total. The van der Waals surface area contributed by atoms with Gasteiger partial charge in [0.1, 0.15) is 0 Å². The van der Waals surface area contributed by atoms with E-state index in [1.54, 1.807) is 22.9 Å². The molecular formula is C12H14N6O3S. The lowest BCUT2D eigenvalue weighted by molar-refractivity contribution is -0.136. The van der Waals surface area contributed by atoms with Crippen molar-refractivity contribution in [2.24, 2.45) is 0 Å². The first kappa shape index (κ1) is 15.8. The van der Waals surface area contributed by atoms with Gasteiger partial charge in [0.25, 0.3) is 0 Å². The maximum atomic E-state index is 11.6. The fraction of sp³-hybridized carbons (Fsp3) is 0.250. The lowest BCUT2D eigenvalue weighted by Gasteiger charge is -2.08. The first-order valence-corrected chi connectivity index (χ1v) is 7.52. The minimum absolute atomic E-state index is 0.0600. The summed E-state index contributed by atoms with van der Waals surface area (Å²) in [5.74, 6) is -0.967. The molecule has 2 rings (SSSR count). The van der Waals surface area contributed by atoms with Crippen LogP contribution in [-0.2, 0) is 4.79 Å². The van der Waals surface area contributed by atoms with E-state index < -0.39 is 12.0 Å². The molecule has 2 amide bonds. The number of nitrogens with one attached hydrogen (secondary N) is 2. The van der Waals surface area contributed by atoms with Gasteiger partial charge in [0.15, 0.2) is 0 Å². The van der Waals surface area contributed by atoms with Crippen LogP contribution in [0.4, 0.5) is 10.5 Å². The van der Waals surface area contributed by atoms with Crippen LogP contribution in [0.15, 0.2) is 29.4 Å². The van der Waals surface area contributed by atoms with Crippen LogP contribution in [0.3, 0.4) is 0 Å². The second kappa shape index (κ2) is 7.41. The number of aliphatic carboxylic acids is 1. The Hall–Kier alpha value is -2.62. The number of carboxylic acid groups (broad SMARTS) is 1. The smallest absolute Gasteiger partial charge is 0.319 e. The van der Waals surface area contributed by atoms with E-state index in [1.807, 2.05) is 12.3 Å². The molecule has 0 aliphatic rings. The maximum Gasteiger partial charge on any atom is 0.319 e. The number of thioether (sulfide) groups is 1. The highest BCUT2D eigenvalue weighted by Crippen LogP contribution is 2.18. The molecule has 0 fully saturated rings. The number of carbonyl (C=O) groups excluding carboxylic acids is 1. The van der Waals surface area contributed by atoms with Crippen LogP contribution in [0.25, 0.3) is 5.69 Å². The summed E-state index contributed by atoms with van der Waals surface area (Å²) in [6, 6.07) is 6.52. The van der Waals surface area contributed by atoms with Crippen molar-refractivity contribution in [2.45, 2.75) is 11.6 Å². The lowest BCUT2D eigenvalue weighted by Crippen LogP contribution is -2.30. The minimum atomic E-state index is -0.967. The number of tetrazole rings is 1. The SMILES string of the molecule is CSc1nnnn1-c1cccc(NC(=O)NCCC(=O)O)c1. The summed E-state index contributed by atoms with van der Waals surface area (Å²) in [5, 5.41) is 25.6. The average Bonchev–Trinajstić information content (AvgIpc) is 2.95. The molecule has 0 spiro atoms. The summed E-state index contributed by atoms with van der Waals surface area (Å²) < 4.78 is 1.55. The number of urea groups is 1. The topological polar surface area (TPSA) is 122 Å². The number of rotatable bonds is 6. The Morgan fingerprint density at radius 3 is 2.95 bits per heavy atom. The van der Waals surface area contributed by atoms with Gasteiger partial charge in [-0.3, -0.25) is 4.79 Å². The Balaban J connectivity index is 2.03. The standard InChI is InChI=1S/C12H14N6O3S/c1-22-12-15-16-17-18(12)9-4-2-3-8(7-9)14-11(21)13-6-5-10(19)20/h2-4,7H,5-6H2,1H3,(H,19,20)(H2,13,14,21). The van der Waals surface area contributed by atoms with Crippen molar-refractivity contribution in [3.63, 3.8) is 0 Å². The van der Waals surface area contributed by atoms with Gasteiger partial charge in [-0.2, -0.15) is 4.68 Å². The van der Waals surface area contributed by atoms with Gasteiger partial charge >= 0.3 is 12.0 Å². The molecule has 0 radical (unpaired) electrons. The molecule has 1 heterocycles. The van der Waals surface area contributed by atoms with Crippen LogP contribution < -0.4 is 10.6 Å². The molecule has 2 aromatic rings. The lowest BCUT2D eigenvalue weighted by atomic mass is 10.3. The highest BCUT2D eigenvalue weighted by atomic mass is 32.2. The Bertz CT molecular complexity index is 674. The summed E-state index contributed by atoms with van der Waals surface area (Å²) in [6.07, 6.45) is 1.73. The number of carboxylic acids is 1. The van der Waals surface area contributed by atoms with Crippen LogP contribution in [0, 0.1) is 0 Å². The van der Waals surface area contributed by atoms with E-state index in [0.29, 0.717) is 16.5 Å². The Labute approximate surface area is 130 Å². The number of aromatic nitrogens is 4. The molecule has 0 atom stereocenters. The first-order valence-electron chi connectivity index (χ1n) is 6.29. The Morgan fingerprint density at radius 2 is 2.23 bits per heavy atom. The maximum absolute atomic E-state index is 11.6. The third kappa shape index (κ3) is 4.19. The average molecular weight is 322 g/mol.